The van der Waals surface area contributed by atoms with Crippen LogP contribution in [-0.2, 0) is 0 Å². The minimum absolute atomic E-state index is 0.237. The number of nitrogens with zero attached hydrogens (tertiary/aromatic N) is 1. The van der Waals surface area contributed by atoms with Gasteiger partial charge in [-0.15, -0.1) is 22.7 Å². The highest BCUT2D eigenvalue weighted by atomic mass is 35.5. The number of hydrogen-bond donors (Lipinski definition) is 1. The molecule has 0 atom stereocenters. The molecule has 0 saturated carbocycles. The van der Waals surface area contributed by atoms with Crippen LogP contribution in [0.2, 0.25) is 8.67 Å². The fourth-order valence-corrected chi connectivity index (χ4v) is 4.13. The van der Waals surface area contributed by atoms with Crippen molar-refractivity contribution in [3.63, 3.8) is 0 Å². The molecule has 2 heterocycles. The smallest absolute Gasteiger partial charge is 0.335 e. The van der Waals surface area contributed by atoms with Gasteiger partial charge in [-0.2, -0.15) is 0 Å². The third-order valence-corrected chi connectivity index (χ3v) is 5.17. The molecule has 7 heteroatoms. The number of carboxylic acid groups (broad SMARTS) is 1. The standard InChI is InChI=1S/C14H7Cl2NO2S2/c15-11-5-9(12(16)21-11)10-6-20-13(17-10)7-2-1-3-8(4-7)14(18)19/h1-6H,(H,18,19). The number of aromatic carboxylic acids is 1. The second-order valence-corrected chi connectivity index (χ2v) is 7.31. The lowest BCUT2D eigenvalue weighted by molar-refractivity contribution is 0.0697. The van der Waals surface area contributed by atoms with E-state index in [0.717, 1.165) is 21.8 Å². The van der Waals surface area contributed by atoms with Gasteiger partial charge in [0.2, 0.25) is 0 Å². The largest absolute Gasteiger partial charge is 0.478 e. The Hall–Kier alpha value is -1.40. The second kappa shape index (κ2) is 5.77. The molecule has 1 N–H and O–H groups in total. The average Bonchev–Trinajstić information content (AvgIpc) is 3.05. The molecule has 3 aromatic rings. The molecule has 3 rings (SSSR count). The van der Waals surface area contributed by atoms with Crippen LogP contribution in [0, 0.1) is 0 Å². The minimum Gasteiger partial charge on any atom is -0.478 e. The molecular weight excluding hydrogens is 349 g/mol. The number of halogens is 2. The molecule has 0 fully saturated rings. The van der Waals surface area contributed by atoms with Crippen molar-refractivity contribution >= 4 is 51.8 Å². The number of thiazole rings is 1. The molecule has 106 valence electrons. The van der Waals surface area contributed by atoms with Crippen molar-refractivity contribution in [1.82, 2.24) is 4.98 Å². The summed E-state index contributed by atoms with van der Waals surface area (Å²) in [6.45, 7) is 0. The maximum absolute atomic E-state index is 11.0. The van der Waals surface area contributed by atoms with Gasteiger partial charge >= 0.3 is 5.97 Å². The first-order valence-electron chi connectivity index (χ1n) is 5.79. The van der Waals surface area contributed by atoms with E-state index in [2.05, 4.69) is 4.98 Å². The first kappa shape index (κ1) is 14.5. The van der Waals surface area contributed by atoms with Crippen LogP contribution in [0.15, 0.2) is 35.7 Å². The van der Waals surface area contributed by atoms with Gasteiger partial charge in [-0.05, 0) is 18.2 Å². The number of carboxylic acids is 1. The molecule has 0 bridgehead atoms. The molecule has 1 aromatic carbocycles. The summed E-state index contributed by atoms with van der Waals surface area (Å²) in [6.07, 6.45) is 0. The molecule has 0 aliphatic rings. The lowest BCUT2D eigenvalue weighted by Gasteiger charge is -1.98. The number of hydrogen-bond acceptors (Lipinski definition) is 4. The normalized spacial score (nSPS) is 10.8. The van der Waals surface area contributed by atoms with Gasteiger partial charge in [-0.3, -0.25) is 0 Å². The molecule has 3 nitrogen and oxygen atoms in total. The zero-order valence-corrected chi connectivity index (χ0v) is 13.5. The van der Waals surface area contributed by atoms with Gasteiger partial charge in [0.05, 0.1) is 15.6 Å². The summed E-state index contributed by atoms with van der Waals surface area (Å²) in [4.78, 5) is 15.5. The topological polar surface area (TPSA) is 50.2 Å². The van der Waals surface area contributed by atoms with E-state index in [1.54, 1.807) is 24.3 Å². The van der Waals surface area contributed by atoms with E-state index in [4.69, 9.17) is 28.3 Å². The minimum atomic E-state index is -0.957. The Morgan fingerprint density at radius 1 is 1.24 bits per heavy atom. The lowest BCUT2D eigenvalue weighted by Crippen LogP contribution is -1.95. The maximum Gasteiger partial charge on any atom is 0.335 e. The monoisotopic (exact) mass is 355 g/mol. The van der Waals surface area contributed by atoms with E-state index in [-0.39, 0.29) is 5.56 Å². The number of thiophene rings is 1. The molecule has 0 spiro atoms. The van der Waals surface area contributed by atoms with E-state index >= 15 is 0 Å². The van der Waals surface area contributed by atoms with Crippen LogP contribution in [0.4, 0.5) is 0 Å². The second-order valence-electron chi connectivity index (χ2n) is 4.16. The number of benzene rings is 1. The highest BCUT2D eigenvalue weighted by Gasteiger charge is 2.13. The fraction of sp³-hybridized carbons (Fsp3) is 0. The van der Waals surface area contributed by atoms with Crippen molar-refractivity contribution in [3.05, 3.63) is 49.9 Å². The SMILES string of the molecule is O=C(O)c1cccc(-c2nc(-c3cc(Cl)sc3Cl)cs2)c1. The molecule has 0 amide bonds. The molecule has 0 aliphatic heterocycles. The van der Waals surface area contributed by atoms with E-state index in [9.17, 15) is 4.79 Å². The van der Waals surface area contributed by atoms with E-state index in [1.165, 1.54) is 22.7 Å². The van der Waals surface area contributed by atoms with E-state index in [1.807, 2.05) is 11.4 Å². The summed E-state index contributed by atoms with van der Waals surface area (Å²) in [7, 11) is 0. The lowest BCUT2D eigenvalue weighted by atomic mass is 10.1. The molecule has 2 aromatic heterocycles. The zero-order valence-electron chi connectivity index (χ0n) is 10.3. The first-order chi connectivity index (χ1) is 10.0. The van der Waals surface area contributed by atoms with Gasteiger partial charge in [0, 0.05) is 16.5 Å². The van der Waals surface area contributed by atoms with Crippen molar-refractivity contribution in [1.29, 1.82) is 0 Å². The Balaban J connectivity index is 2.00. The van der Waals surface area contributed by atoms with Gasteiger partial charge in [0.25, 0.3) is 0 Å². The highest BCUT2D eigenvalue weighted by Crippen LogP contribution is 2.39. The first-order valence-corrected chi connectivity index (χ1v) is 8.24. The van der Waals surface area contributed by atoms with Crippen molar-refractivity contribution in [2.45, 2.75) is 0 Å². The fourth-order valence-electron chi connectivity index (χ4n) is 1.83. The van der Waals surface area contributed by atoms with Crippen molar-refractivity contribution < 1.29 is 9.90 Å². The molecular formula is C14H7Cl2NO2S2. The third-order valence-electron chi connectivity index (χ3n) is 2.79. The van der Waals surface area contributed by atoms with Crippen molar-refractivity contribution in [3.8, 4) is 21.8 Å². The van der Waals surface area contributed by atoms with Crippen molar-refractivity contribution in [2.75, 3.05) is 0 Å². The molecule has 0 radical (unpaired) electrons. The number of carbonyl (C=O) groups is 1. The Bertz CT molecular complexity index is 826. The van der Waals surface area contributed by atoms with Gasteiger partial charge in [-0.25, -0.2) is 9.78 Å². The van der Waals surface area contributed by atoms with Crippen LogP contribution in [0.5, 0.6) is 0 Å². The Morgan fingerprint density at radius 2 is 2.05 bits per heavy atom. The highest BCUT2D eigenvalue weighted by molar-refractivity contribution is 7.20. The summed E-state index contributed by atoms with van der Waals surface area (Å²) < 4.78 is 1.20. The number of aromatic nitrogens is 1. The van der Waals surface area contributed by atoms with Crippen LogP contribution >= 0.6 is 45.9 Å². The van der Waals surface area contributed by atoms with E-state index in [0.29, 0.717) is 8.67 Å². The predicted molar refractivity (Wildman–Crippen MR) is 87.8 cm³/mol. The summed E-state index contributed by atoms with van der Waals surface area (Å²) in [6, 6.07) is 8.47. The van der Waals surface area contributed by atoms with Crippen molar-refractivity contribution in [2.24, 2.45) is 0 Å². The van der Waals surface area contributed by atoms with Crippen LogP contribution in [0.1, 0.15) is 10.4 Å². The summed E-state index contributed by atoms with van der Waals surface area (Å²) in [5.74, 6) is -0.957. The molecule has 0 saturated heterocycles. The molecule has 0 unspecified atom stereocenters. The third kappa shape index (κ3) is 2.96. The molecule has 21 heavy (non-hydrogen) atoms. The van der Waals surface area contributed by atoms with Gasteiger partial charge < -0.3 is 5.11 Å². The van der Waals surface area contributed by atoms with Crippen LogP contribution in [0.3, 0.4) is 0 Å². The summed E-state index contributed by atoms with van der Waals surface area (Å²) in [5.41, 5.74) is 2.54. The molecule has 0 aliphatic carbocycles. The quantitative estimate of drug-likeness (QED) is 0.670. The maximum atomic E-state index is 11.0. The Morgan fingerprint density at radius 3 is 2.71 bits per heavy atom. The van der Waals surface area contributed by atoms with Crippen LogP contribution < -0.4 is 0 Å². The summed E-state index contributed by atoms with van der Waals surface area (Å²) in [5, 5.41) is 11.7. The van der Waals surface area contributed by atoms with Gasteiger partial charge in [-0.1, -0.05) is 35.3 Å². The van der Waals surface area contributed by atoms with Gasteiger partial charge in [0.15, 0.2) is 0 Å². The van der Waals surface area contributed by atoms with Crippen LogP contribution in [-0.4, -0.2) is 16.1 Å². The predicted octanol–water partition coefficient (Wildman–Crippen LogP) is 5.54. The van der Waals surface area contributed by atoms with Gasteiger partial charge in [0.1, 0.15) is 9.34 Å². The Labute approximate surface area is 138 Å². The number of rotatable bonds is 3. The Kier molecular flexibility index (Phi) is 3.99. The zero-order chi connectivity index (χ0) is 15.0. The summed E-state index contributed by atoms with van der Waals surface area (Å²) >= 11 is 14.8. The van der Waals surface area contributed by atoms with Crippen LogP contribution in [0.25, 0.3) is 21.8 Å². The average molecular weight is 356 g/mol. The van der Waals surface area contributed by atoms with E-state index < -0.39 is 5.97 Å².